The van der Waals surface area contributed by atoms with E-state index in [2.05, 4.69) is 20.4 Å². The van der Waals surface area contributed by atoms with E-state index >= 15 is 0 Å². The van der Waals surface area contributed by atoms with E-state index in [1.807, 2.05) is 0 Å². The number of carbonyl (C=O) groups is 1. The number of aromatic amines is 1. The molecule has 0 atom stereocenters. The molecular formula is C19H18N6O5. The van der Waals surface area contributed by atoms with Crippen LogP contribution < -0.4 is 21.3 Å². The highest BCUT2D eigenvalue weighted by molar-refractivity contribution is 5.93. The zero-order valence-corrected chi connectivity index (χ0v) is 16.4. The second-order valence-electron chi connectivity index (χ2n) is 6.58. The molecule has 0 bridgehead atoms. The highest BCUT2D eigenvalue weighted by Crippen LogP contribution is 2.23. The Morgan fingerprint density at radius 3 is 2.63 bits per heavy atom. The Labute approximate surface area is 168 Å². The summed E-state index contributed by atoms with van der Waals surface area (Å²) in [6.45, 7) is 0.00951. The van der Waals surface area contributed by atoms with Crippen LogP contribution in [0.25, 0.3) is 22.5 Å². The predicted octanol–water partition coefficient (Wildman–Crippen LogP) is 0.554. The molecule has 11 heteroatoms. The topological polar surface area (TPSA) is 137 Å². The molecule has 2 N–H and O–H groups in total. The lowest BCUT2D eigenvalue weighted by Crippen LogP contribution is -2.36. The lowest BCUT2D eigenvalue weighted by Gasteiger charge is -2.00. The van der Waals surface area contributed by atoms with Gasteiger partial charge in [-0.2, -0.15) is 0 Å². The normalized spacial score (nSPS) is 11.0. The first-order valence-corrected chi connectivity index (χ1v) is 8.93. The monoisotopic (exact) mass is 410 g/mol. The Balaban J connectivity index is 1.51. The fraction of sp³-hybridized carbons (Fsp3) is 0.211. The van der Waals surface area contributed by atoms with Crippen molar-refractivity contribution < 1.29 is 14.1 Å². The second kappa shape index (κ2) is 7.35. The maximum Gasteiger partial charge on any atom is 0.332 e. The quantitative estimate of drug-likeness (QED) is 0.490. The molecule has 0 saturated carbocycles. The van der Waals surface area contributed by atoms with Crippen molar-refractivity contribution in [2.45, 2.75) is 6.54 Å². The van der Waals surface area contributed by atoms with Gasteiger partial charge in [-0.1, -0.05) is 5.16 Å². The number of nitrogens with zero attached hydrogens (tertiary/aromatic N) is 4. The fourth-order valence-electron chi connectivity index (χ4n) is 2.99. The molecule has 30 heavy (non-hydrogen) atoms. The third-order valence-corrected chi connectivity index (χ3v) is 4.68. The summed E-state index contributed by atoms with van der Waals surface area (Å²) in [7, 11) is 4.48. The summed E-state index contributed by atoms with van der Waals surface area (Å²) in [5.74, 6) is 0.996. The van der Waals surface area contributed by atoms with E-state index in [0.29, 0.717) is 17.3 Å². The Bertz CT molecular complexity index is 1360. The molecule has 0 aliphatic rings. The summed E-state index contributed by atoms with van der Waals surface area (Å²) >= 11 is 0. The number of ether oxygens (including phenoxy) is 1. The van der Waals surface area contributed by atoms with Crippen molar-refractivity contribution in [1.82, 2.24) is 29.6 Å². The summed E-state index contributed by atoms with van der Waals surface area (Å²) in [5, 5.41) is 6.45. The minimum atomic E-state index is -0.487. The van der Waals surface area contributed by atoms with Crippen LogP contribution in [0, 0.1) is 0 Å². The van der Waals surface area contributed by atoms with Crippen LogP contribution in [-0.4, -0.2) is 37.3 Å². The third kappa shape index (κ3) is 3.26. The van der Waals surface area contributed by atoms with Gasteiger partial charge in [0.15, 0.2) is 17.1 Å². The molecule has 1 amide bonds. The zero-order chi connectivity index (χ0) is 21.4. The number of H-pyrrole nitrogens is 1. The number of hydrogen-bond acceptors (Lipinski definition) is 7. The van der Waals surface area contributed by atoms with Gasteiger partial charge in [-0.05, 0) is 24.3 Å². The summed E-state index contributed by atoms with van der Waals surface area (Å²) in [4.78, 5) is 43.7. The summed E-state index contributed by atoms with van der Waals surface area (Å²) in [6.07, 6.45) is 0. The molecule has 4 rings (SSSR count). The van der Waals surface area contributed by atoms with Crippen molar-refractivity contribution in [2.24, 2.45) is 14.1 Å². The molecule has 11 nitrogen and oxygen atoms in total. The van der Waals surface area contributed by atoms with Crippen molar-refractivity contribution >= 4 is 17.1 Å². The molecule has 0 aliphatic heterocycles. The van der Waals surface area contributed by atoms with Crippen LogP contribution in [0.1, 0.15) is 16.3 Å². The molecule has 0 unspecified atom stereocenters. The molecule has 154 valence electrons. The largest absolute Gasteiger partial charge is 0.497 e. The van der Waals surface area contributed by atoms with Gasteiger partial charge < -0.3 is 19.6 Å². The number of aromatic nitrogens is 5. The van der Waals surface area contributed by atoms with Crippen LogP contribution in [0.5, 0.6) is 5.75 Å². The van der Waals surface area contributed by atoms with Crippen LogP contribution in [-0.2, 0) is 20.6 Å². The van der Waals surface area contributed by atoms with Crippen molar-refractivity contribution in [3.63, 3.8) is 0 Å². The Kier molecular flexibility index (Phi) is 4.70. The van der Waals surface area contributed by atoms with E-state index in [4.69, 9.17) is 9.26 Å². The molecule has 0 spiro atoms. The Morgan fingerprint density at radius 2 is 1.93 bits per heavy atom. The van der Waals surface area contributed by atoms with Gasteiger partial charge in [-0.3, -0.25) is 18.7 Å². The highest BCUT2D eigenvalue weighted by Gasteiger charge is 2.16. The Morgan fingerprint density at radius 1 is 1.20 bits per heavy atom. The van der Waals surface area contributed by atoms with Crippen molar-refractivity contribution in [1.29, 1.82) is 0 Å². The average molecular weight is 410 g/mol. The number of hydrogen-bond donors (Lipinski definition) is 2. The number of benzene rings is 1. The SMILES string of the molecule is COc1ccc(-c2cc(C(=O)NCc3nc4c([nH]3)c(=O)n(C)c(=O)n4C)no2)cc1. The highest BCUT2D eigenvalue weighted by atomic mass is 16.5. The maximum absolute atomic E-state index is 12.4. The molecule has 0 aliphatic carbocycles. The first-order valence-electron chi connectivity index (χ1n) is 8.93. The lowest BCUT2D eigenvalue weighted by atomic mass is 10.1. The van der Waals surface area contributed by atoms with Crippen molar-refractivity contribution in [3.8, 4) is 17.1 Å². The van der Waals surface area contributed by atoms with E-state index in [0.717, 1.165) is 10.1 Å². The van der Waals surface area contributed by atoms with Gasteiger partial charge in [0.25, 0.3) is 11.5 Å². The van der Waals surface area contributed by atoms with Crippen LogP contribution in [0.3, 0.4) is 0 Å². The van der Waals surface area contributed by atoms with Gasteiger partial charge in [0, 0.05) is 25.7 Å². The van der Waals surface area contributed by atoms with Crippen LogP contribution in [0.2, 0.25) is 0 Å². The Hall–Kier alpha value is -4.15. The number of methoxy groups -OCH3 is 1. The number of amides is 1. The third-order valence-electron chi connectivity index (χ3n) is 4.68. The number of carbonyl (C=O) groups excluding carboxylic acids is 1. The fourth-order valence-corrected chi connectivity index (χ4v) is 2.99. The number of aryl methyl sites for hydroxylation is 1. The number of fused-ring (bicyclic) bond motifs is 1. The molecule has 0 radical (unpaired) electrons. The zero-order valence-electron chi connectivity index (χ0n) is 16.4. The summed E-state index contributed by atoms with van der Waals surface area (Å²) in [5.41, 5.74) is 0.279. The number of imidazole rings is 1. The summed E-state index contributed by atoms with van der Waals surface area (Å²) < 4.78 is 12.6. The van der Waals surface area contributed by atoms with Gasteiger partial charge in [0.1, 0.15) is 17.1 Å². The number of rotatable bonds is 5. The van der Waals surface area contributed by atoms with E-state index in [1.165, 1.54) is 24.7 Å². The minimum absolute atomic E-state index is 0.00951. The van der Waals surface area contributed by atoms with Gasteiger partial charge in [-0.15, -0.1) is 0 Å². The van der Waals surface area contributed by atoms with Gasteiger partial charge >= 0.3 is 5.69 Å². The van der Waals surface area contributed by atoms with Crippen LogP contribution in [0.15, 0.2) is 44.4 Å². The summed E-state index contributed by atoms with van der Waals surface area (Å²) in [6, 6.07) is 8.66. The maximum atomic E-state index is 12.4. The molecule has 1 aromatic carbocycles. The van der Waals surface area contributed by atoms with Crippen molar-refractivity contribution in [2.75, 3.05) is 7.11 Å². The smallest absolute Gasteiger partial charge is 0.332 e. The molecule has 0 fully saturated rings. The van der Waals surface area contributed by atoms with Gasteiger partial charge in [0.2, 0.25) is 0 Å². The molecule has 0 saturated heterocycles. The molecular weight excluding hydrogens is 392 g/mol. The van der Waals surface area contributed by atoms with Crippen LogP contribution in [0.4, 0.5) is 0 Å². The van der Waals surface area contributed by atoms with E-state index in [9.17, 15) is 14.4 Å². The molecule has 4 aromatic rings. The second-order valence-corrected chi connectivity index (χ2v) is 6.58. The lowest BCUT2D eigenvalue weighted by molar-refractivity contribution is 0.0941. The van der Waals surface area contributed by atoms with E-state index in [1.54, 1.807) is 31.4 Å². The number of nitrogens with one attached hydrogen (secondary N) is 2. The van der Waals surface area contributed by atoms with Crippen molar-refractivity contribution in [3.05, 3.63) is 62.7 Å². The average Bonchev–Trinajstić information content (AvgIpc) is 3.42. The van der Waals surface area contributed by atoms with Gasteiger partial charge in [0.05, 0.1) is 13.7 Å². The standard InChI is InChI=1S/C19H18N6O5/c1-24-16-15(18(27)25(2)19(24)28)21-14(22-16)9-20-17(26)12-8-13(30-23-12)10-4-6-11(29-3)7-5-10/h4-8H,9H2,1-3H3,(H,20,26)(H,21,22). The van der Waals surface area contributed by atoms with E-state index < -0.39 is 17.2 Å². The minimum Gasteiger partial charge on any atom is -0.497 e. The first kappa shape index (κ1) is 19.2. The van der Waals surface area contributed by atoms with E-state index in [-0.39, 0.29) is 23.4 Å². The molecule has 3 heterocycles. The molecule has 3 aromatic heterocycles. The predicted molar refractivity (Wildman–Crippen MR) is 106 cm³/mol. The van der Waals surface area contributed by atoms with Crippen LogP contribution >= 0.6 is 0 Å². The first-order chi connectivity index (χ1) is 14.4. The van der Waals surface area contributed by atoms with Gasteiger partial charge in [-0.25, -0.2) is 9.78 Å².